The van der Waals surface area contributed by atoms with Crippen LogP contribution in [0.5, 0.6) is 5.75 Å². The summed E-state index contributed by atoms with van der Waals surface area (Å²) in [5.41, 5.74) is 0.984. The van der Waals surface area contributed by atoms with Crippen LogP contribution in [0.25, 0.3) is 0 Å². The summed E-state index contributed by atoms with van der Waals surface area (Å²) in [6.07, 6.45) is 1.03. The molecule has 0 radical (unpaired) electrons. The van der Waals surface area contributed by atoms with Gasteiger partial charge in [-0.15, -0.1) is 0 Å². The molecule has 1 fully saturated rings. The predicted molar refractivity (Wildman–Crippen MR) is 55.0 cm³/mol. The number of methoxy groups -OCH3 is 1. The summed E-state index contributed by atoms with van der Waals surface area (Å²) in [5, 5.41) is 14.0. The fraction of sp³-hybridized carbons (Fsp3) is 0.400. The van der Waals surface area contributed by atoms with Crippen LogP contribution in [0.15, 0.2) is 18.2 Å². The Labute approximate surface area is 87.2 Å². The van der Waals surface area contributed by atoms with Gasteiger partial charge in [0.25, 0.3) is 0 Å². The summed E-state index contributed by atoms with van der Waals surface area (Å²) < 4.78 is 4.93. The number of benzene rings is 1. The summed E-state index contributed by atoms with van der Waals surface area (Å²) in [6.45, 7) is 0.977. The van der Waals surface area contributed by atoms with Gasteiger partial charge in [0, 0.05) is 12.1 Å². The number of hydrogen-bond donors (Lipinski definition) is 1. The van der Waals surface area contributed by atoms with E-state index in [0.717, 1.165) is 18.5 Å². The zero-order valence-corrected chi connectivity index (χ0v) is 8.40. The van der Waals surface area contributed by atoms with Crippen molar-refractivity contribution in [2.45, 2.75) is 12.5 Å². The first-order valence-corrected chi connectivity index (χ1v) is 4.78. The average molecular weight is 208 g/mol. The third kappa shape index (κ3) is 1.78. The highest BCUT2D eigenvalue weighted by atomic mass is 16.6. The molecule has 0 aliphatic carbocycles. The van der Waals surface area contributed by atoms with Crippen molar-refractivity contribution in [1.82, 2.24) is 5.32 Å². The monoisotopic (exact) mass is 208 g/mol. The molecule has 5 nitrogen and oxygen atoms in total. The number of ether oxygens (including phenoxy) is 1. The van der Waals surface area contributed by atoms with Crippen molar-refractivity contribution in [3.63, 3.8) is 0 Å². The fourth-order valence-corrected chi connectivity index (χ4v) is 1.64. The molecule has 0 bridgehead atoms. The minimum Gasteiger partial charge on any atom is -0.490 e. The molecule has 0 spiro atoms. The van der Waals surface area contributed by atoms with E-state index in [1.807, 2.05) is 6.07 Å². The van der Waals surface area contributed by atoms with Crippen LogP contribution >= 0.6 is 0 Å². The Bertz CT molecular complexity index is 388. The quantitative estimate of drug-likeness (QED) is 0.605. The first-order valence-electron chi connectivity index (χ1n) is 4.78. The van der Waals surface area contributed by atoms with E-state index in [4.69, 9.17) is 4.74 Å². The van der Waals surface area contributed by atoms with Gasteiger partial charge in [0.1, 0.15) is 0 Å². The first kappa shape index (κ1) is 9.92. The summed E-state index contributed by atoms with van der Waals surface area (Å²) in [7, 11) is 1.43. The highest BCUT2D eigenvalue weighted by molar-refractivity contribution is 5.49. The predicted octanol–water partition coefficient (Wildman–Crippen LogP) is 1.64. The lowest BCUT2D eigenvalue weighted by molar-refractivity contribution is -0.385. The Morgan fingerprint density at radius 2 is 2.33 bits per heavy atom. The van der Waals surface area contributed by atoms with Crippen LogP contribution in [0.3, 0.4) is 0 Å². The second-order valence-corrected chi connectivity index (χ2v) is 3.48. The molecule has 5 heteroatoms. The molecular formula is C10H12N2O3. The van der Waals surface area contributed by atoms with Crippen LogP contribution in [0.4, 0.5) is 5.69 Å². The summed E-state index contributed by atoms with van der Waals surface area (Å²) in [4.78, 5) is 10.4. The van der Waals surface area contributed by atoms with Crippen molar-refractivity contribution < 1.29 is 9.66 Å². The summed E-state index contributed by atoms with van der Waals surface area (Å²) in [5.74, 6) is 0.308. The Morgan fingerprint density at radius 3 is 2.80 bits per heavy atom. The molecule has 0 amide bonds. The van der Waals surface area contributed by atoms with Crippen molar-refractivity contribution in [3.05, 3.63) is 33.9 Å². The lowest BCUT2D eigenvalue weighted by atomic mass is 9.97. The van der Waals surface area contributed by atoms with Gasteiger partial charge in [-0.2, -0.15) is 0 Å². The molecule has 1 aliphatic rings. The average Bonchev–Trinajstić information content (AvgIpc) is 2.15. The van der Waals surface area contributed by atoms with Crippen LogP contribution in [0, 0.1) is 10.1 Å². The second kappa shape index (κ2) is 3.86. The van der Waals surface area contributed by atoms with Gasteiger partial charge >= 0.3 is 5.69 Å². The highest BCUT2D eigenvalue weighted by Crippen LogP contribution is 2.32. The SMILES string of the molecule is COc1ccc(C2CCN2)cc1[N+](=O)[O-]. The standard InChI is InChI=1S/C10H12N2O3/c1-15-10-3-2-7(8-4-5-11-8)6-9(10)12(13)14/h2-3,6,8,11H,4-5H2,1H3. The maximum Gasteiger partial charge on any atom is 0.311 e. The lowest BCUT2D eigenvalue weighted by Crippen LogP contribution is -2.34. The van der Waals surface area contributed by atoms with Gasteiger partial charge in [-0.3, -0.25) is 10.1 Å². The number of nitro groups is 1. The minimum atomic E-state index is -0.416. The van der Waals surface area contributed by atoms with Crippen LogP contribution in [-0.4, -0.2) is 18.6 Å². The van der Waals surface area contributed by atoms with E-state index < -0.39 is 4.92 Å². The Morgan fingerprint density at radius 1 is 1.60 bits per heavy atom. The van der Waals surface area contributed by atoms with E-state index in [1.165, 1.54) is 7.11 Å². The smallest absolute Gasteiger partial charge is 0.311 e. The molecule has 1 heterocycles. The topological polar surface area (TPSA) is 64.4 Å². The molecule has 1 aromatic carbocycles. The number of rotatable bonds is 3. The molecule has 1 unspecified atom stereocenters. The molecule has 1 saturated heterocycles. The summed E-state index contributed by atoms with van der Waals surface area (Å²) >= 11 is 0. The van der Waals surface area contributed by atoms with E-state index in [1.54, 1.807) is 12.1 Å². The van der Waals surface area contributed by atoms with Gasteiger partial charge in [-0.05, 0) is 24.6 Å². The fourth-order valence-electron chi connectivity index (χ4n) is 1.64. The molecule has 1 atom stereocenters. The van der Waals surface area contributed by atoms with E-state index in [-0.39, 0.29) is 11.7 Å². The van der Waals surface area contributed by atoms with Crippen molar-refractivity contribution in [1.29, 1.82) is 0 Å². The maximum atomic E-state index is 10.8. The first-order chi connectivity index (χ1) is 7.22. The lowest BCUT2D eigenvalue weighted by Gasteiger charge is -2.27. The third-order valence-corrected chi connectivity index (χ3v) is 2.63. The molecular weight excluding hydrogens is 196 g/mol. The third-order valence-electron chi connectivity index (χ3n) is 2.63. The van der Waals surface area contributed by atoms with Gasteiger partial charge in [0.15, 0.2) is 5.75 Å². The molecule has 0 aromatic heterocycles. The molecule has 0 saturated carbocycles. The van der Waals surface area contributed by atoms with Crippen molar-refractivity contribution >= 4 is 5.69 Å². The van der Waals surface area contributed by atoms with E-state index in [0.29, 0.717) is 5.75 Å². The Kier molecular flexibility index (Phi) is 2.55. The van der Waals surface area contributed by atoms with Crippen LogP contribution in [-0.2, 0) is 0 Å². The van der Waals surface area contributed by atoms with E-state index >= 15 is 0 Å². The molecule has 15 heavy (non-hydrogen) atoms. The number of hydrogen-bond acceptors (Lipinski definition) is 4. The minimum absolute atomic E-state index is 0.0312. The normalized spacial score (nSPS) is 19.4. The van der Waals surface area contributed by atoms with Crippen molar-refractivity contribution in [3.8, 4) is 5.75 Å². The Balaban J connectivity index is 2.35. The number of nitro benzene ring substituents is 1. The van der Waals surface area contributed by atoms with E-state index in [9.17, 15) is 10.1 Å². The van der Waals surface area contributed by atoms with Crippen molar-refractivity contribution in [2.24, 2.45) is 0 Å². The van der Waals surface area contributed by atoms with Gasteiger partial charge in [0.2, 0.25) is 0 Å². The molecule has 80 valence electrons. The van der Waals surface area contributed by atoms with Crippen LogP contribution in [0.2, 0.25) is 0 Å². The zero-order valence-electron chi connectivity index (χ0n) is 8.40. The van der Waals surface area contributed by atoms with Crippen LogP contribution < -0.4 is 10.1 Å². The molecule has 2 rings (SSSR count). The van der Waals surface area contributed by atoms with E-state index in [2.05, 4.69) is 5.32 Å². The highest BCUT2D eigenvalue weighted by Gasteiger charge is 2.22. The van der Waals surface area contributed by atoms with Gasteiger partial charge in [-0.1, -0.05) is 6.07 Å². The van der Waals surface area contributed by atoms with Crippen molar-refractivity contribution in [2.75, 3.05) is 13.7 Å². The largest absolute Gasteiger partial charge is 0.490 e. The second-order valence-electron chi connectivity index (χ2n) is 3.48. The van der Waals surface area contributed by atoms with Gasteiger partial charge in [0.05, 0.1) is 12.0 Å². The molecule has 1 aliphatic heterocycles. The number of nitrogens with zero attached hydrogens (tertiary/aromatic N) is 1. The van der Waals surface area contributed by atoms with Gasteiger partial charge in [-0.25, -0.2) is 0 Å². The van der Waals surface area contributed by atoms with Crippen LogP contribution in [0.1, 0.15) is 18.0 Å². The Hall–Kier alpha value is -1.62. The number of nitrogens with one attached hydrogen (secondary N) is 1. The summed E-state index contributed by atoms with van der Waals surface area (Å²) in [6, 6.07) is 5.35. The zero-order chi connectivity index (χ0) is 10.8. The molecule has 1 N–H and O–H groups in total. The molecule has 1 aromatic rings. The maximum absolute atomic E-state index is 10.8. The van der Waals surface area contributed by atoms with Gasteiger partial charge < -0.3 is 10.1 Å².